The molecule has 0 saturated carbocycles. The van der Waals surface area contributed by atoms with Gasteiger partial charge in [-0.2, -0.15) is 52.7 Å². The van der Waals surface area contributed by atoms with Crippen LogP contribution in [-0.2, 0) is 101 Å². The summed E-state index contributed by atoms with van der Waals surface area (Å²) in [5.41, 5.74) is -2.14. The number of rotatable bonds is 39. The Labute approximate surface area is 718 Å². The second kappa shape index (κ2) is 45.5. The second-order valence-corrected chi connectivity index (χ2v) is 34.5. The maximum atomic E-state index is 14.3. The number of halogens is 12. The number of nitrogens with two attached hydrogens (primary N) is 1. The highest BCUT2D eigenvalue weighted by Gasteiger charge is 2.37. The lowest BCUT2D eigenvalue weighted by molar-refractivity contribution is -0.385. The number of anilines is 1. The Hall–Kier alpha value is -11.2. The number of unbranched alkanes of at least 4 members (excludes halogenated alkanes) is 2. The van der Waals surface area contributed by atoms with Crippen LogP contribution in [0.15, 0.2) is 144 Å². The summed E-state index contributed by atoms with van der Waals surface area (Å²) < 4.78 is 198. The molecule has 124 heavy (non-hydrogen) atoms. The molecular weight excluding hydrogens is 1690 g/mol. The number of nitro groups is 1. The van der Waals surface area contributed by atoms with Crippen molar-refractivity contribution in [3.8, 4) is 23.0 Å². The van der Waals surface area contributed by atoms with Crippen molar-refractivity contribution >= 4 is 82.4 Å². The number of nitro benzene ring substituents is 1. The molecule has 4 amide bonds. The number of nitrogens with zero attached hydrogens (tertiary/aromatic N) is 1. The van der Waals surface area contributed by atoms with E-state index in [1.54, 1.807) is 89.2 Å². The summed E-state index contributed by atoms with van der Waals surface area (Å²) in [7, 11) is 0. The first-order valence-electron chi connectivity index (χ1n) is 38.7. The molecule has 678 valence electrons. The summed E-state index contributed by atoms with van der Waals surface area (Å²) in [6, 6.07) is 19.4. The van der Waals surface area contributed by atoms with Gasteiger partial charge in [0.1, 0.15) is 80.2 Å². The summed E-state index contributed by atoms with van der Waals surface area (Å²) in [4.78, 5) is 113. The molecule has 0 saturated heterocycles. The average Bonchev–Trinajstić information content (AvgIpc) is 0.802. The first-order valence-corrected chi connectivity index (χ1v) is 40.7. The smallest absolute Gasteiger partial charge is 0.416 e. The van der Waals surface area contributed by atoms with Crippen LogP contribution in [0.4, 0.5) is 83.2 Å². The molecule has 0 radical (unpaired) electrons. The molecule has 8 N–H and O–H groups in total. The largest absolute Gasteiger partial charge is 0.457 e. The van der Waals surface area contributed by atoms with Crippen molar-refractivity contribution in [2.24, 2.45) is 0 Å². The third-order valence-electron chi connectivity index (χ3n) is 16.2. The molecular formula is C86H102F12N8O16S2. The van der Waals surface area contributed by atoms with E-state index >= 15 is 0 Å². The van der Waals surface area contributed by atoms with Gasteiger partial charge in [-0.25, -0.2) is 19.2 Å². The Morgan fingerprint density at radius 2 is 0.710 bits per heavy atom. The second-order valence-electron chi connectivity index (χ2n) is 32.2. The highest BCUT2D eigenvalue weighted by Crippen LogP contribution is 2.42. The molecule has 0 spiro atoms. The van der Waals surface area contributed by atoms with Crippen molar-refractivity contribution in [3.63, 3.8) is 0 Å². The van der Waals surface area contributed by atoms with Gasteiger partial charge in [0.2, 0.25) is 0 Å². The Kier molecular flexibility index (Phi) is 37.9. The quantitative estimate of drug-likeness (QED) is 0.00358. The van der Waals surface area contributed by atoms with Gasteiger partial charge in [-0.15, -0.1) is 23.5 Å². The minimum Gasteiger partial charge on any atom is -0.457 e. The SMILES string of the molecule is C=C(NCCCCC(=O)Cc1cc(C(F)(F)F)cc(CC(=O)Cc2cccc(Oc3cc(N)cc(C(F)(F)F)c3)c2)c1SCCNC(=O)OC(C)(C)C)NC(=O)OC(C)(C)C.C=C(NCCCCC(=O)Cc1cc(C(F)(F)F)cc(CC(=O)Cc2cccc(Oc3cc([N+](=O)[O-])cc(C(F)(F)F)c3)c2)c1SCCNC(=O)OC(C)(C)C)NC(=O)OC(C)(C)C. The van der Waals surface area contributed by atoms with E-state index in [0.29, 0.717) is 56.5 Å². The number of hydrogen-bond acceptors (Lipinski definition) is 21. The number of ketones is 4. The fourth-order valence-corrected chi connectivity index (χ4v) is 13.4. The molecule has 0 atom stereocenters. The van der Waals surface area contributed by atoms with E-state index < -0.39 is 141 Å². The first-order chi connectivity index (χ1) is 57.2. The number of nitrogen functional groups attached to an aromatic ring is 1. The minimum absolute atomic E-state index is 0.00523. The predicted molar refractivity (Wildman–Crippen MR) is 443 cm³/mol. The number of benzene rings is 6. The number of carbonyl (C=O) groups is 8. The lowest BCUT2D eigenvalue weighted by Gasteiger charge is -2.20. The molecule has 0 aliphatic rings. The van der Waals surface area contributed by atoms with Crippen LogP contribution in [0.2, 0.25) is 0 Å². The number of carbonyl (C=O) groups excluding carboxylic acids is 8. The van der Waals surface area contributed by atoms with Gasteiger partial charge in [-0.05, 0) is 209 Å². The van der Waals surface area contributed by atoms with Crippen LogP contribution in [0.5, 0.6) is 23.0 Å². The van der Waals surface area contributed by atoms with Gasteiger partial charge in [0, 0.05) is 117 Å². The number of Topliss-reactive ketones (excluding diaryl/α,β-unsaturated/α-hetero) is 4. The van der Waals surface area contributed by atoms with E-state index in [0.717, 1.165) is 66.0 Å². The van der Waals surface area contributed by atoms with Crippen molar-refractivity contribution in [2.45, 2.75) is 217 Å². The van der Waals surface area contributed by atoms with Crippen molar-refractivity contribution in [3.05, 3.63) is 200 Å². The van der Waals surface area contributed by atoms with Gasteiger partial charge >= 0.3 is 49.1 Å². The summed E-state index contributed by atoms with van der Waals surface area (Å²) in [5.74, 6) is -1.83. The van der Waals surface area contributed by atoms with Crippen molar-refractivity contribution in [1.29, 1.82) is 0 Å². The third kappa shape index (κ3) is 40.0. The van der Waals surface area contributed by atoms with Crippen molar-refractivity contribution < 1.29 is 124 Å². The lowest BCUT2D eigenvalue weighted by atomic mass is 9.95. The van der Waals surface area contributed by atoms with Crippen LogP contribution >= 0.6 is 23.5 Å². The van der Waals surface area contributed by atoms with Gasteiger partial charge in [0.15, 0.2) is 0 Å². The zero-order chi connectivity index (χ0) is 93.1. The number of alkyl carbamates (subject to hydrolysis) is 4. The summed E-state index contributed by atoms with van der Waals surface area (Å²) in [6.07, 6.45) is -22.9. The minimum atomic E-state index is -4.92. The van der Waals surface area contributed by atoms with E-state index in [9.17, 15) is 101 Å². The Morgan fingerprint density at radius 1 is 0.387 bits per heavy atom. The topological polar surface area (TPSA) is 333 Å². The highest BCUT2D eigenvalue weighted by molar-refractivity contribution is 7.99. The Morgan fingerprint density at radius 3 is 1.05 bits per heavy atom. The molecule has 38 heteroatoms. The van der Waals surface area contributed by atoms with E-state index in [-0.39, 0.29) is 140 Å². The first kappa shape index (κ1) is 103. The molecule has 6 aromatic carbocycles. The van der Waals surface area contributed by atoms with Crippen LogP contribution in [0.1, 0.15) is 177 Å². The van der Waals surface area contributed by atoms with E-state index in [2.05, 4.69) is 45.1 Å². The number of thioether (sulfide) groups is 2. The maximum absolute atomic E-state index is 14.3. The van der Waals surface area contributed by atoms with Crippen molar-refractivity contribution in [2.75, 3.05) is 43.4 Å². The van der Waals surface area contributed by atoms with Crippen LogP contribution in [-0.4, -0.2) is 113 Å². The van der Waals surface area contributed by atoms with E-state index in [1.165, 1.54) is 48.5 Å². The van der Waals surface area contributed by atoms with Gasteiger partial charge in [-0.3, -0.25) is 39.9 Å². The van der Waals surface area contributed by atoms with Crippen LogP contribution in [0.3, 0.4) is 0 Å². The van der Waals surface area contributed by atoms with Gasteiger partial charge in [0.25, 0.3) is 5.69 Å². The molecule has 0 bridgehead atoms. The Balaban J connectivity index is 0.000000441. The standard InChI is InChI=1S/C43H50F6N4O9S.C43H52F6N4O7S/c1-26(52-39(57)62-41(5,6)7)50-14-9-8-12-33(54)21-28-19-30(42(44,45)46)20-29(37(28)63-16-15-51-38(56)61-40(2,3)4)22-34(55)17-27-11-10-13-35(18-27)60-36-24-31(43(47,48)49)23-32(25-36)53(58)59;1-26(53-39(57)60-41(5,6)7)51-14-9-8-12-33(54)21-28-19-30(42(44,45)46)20-29(37(28)61-16-15-52-38(56)59-40(2,3)4)22-34(55)17-27-11-10-13-35(18-27)58-36-24-31(43(47,48)49)23-32(50)25-36/h10-11,13,18-20,23-25,50H,1,8-9,12,14-17,21-22H2,2-7H3,(H,51,56)(H,52,57);10-11,13,18-20,23-25,51H,1,8-9,12,14-17,21-22,50H2,2-7H3,(H,52,56)(H,53,57). The normalized spacial score (nSPS) is 12.0. The summed E-state index contributed by atoms with van der Waals surface area (Å²) in [6.45, 7) is 28.4. The lowest BCUT2D eigenvalue weighted by Crippen LogP contribution is -2.36. The number of amides is 4. The van der Waals surface area contributed by atoms with Crippen LogP contribution in [0, 0.1) is 10.1 Å². The van der Waals surface area contributed by atoms with Crippen molar-refractivity contribution in [1.82, 2.24) is 31.9 Å². The zero-order valence-corrected chi connectivity index (χ0v) is 72.1. The maximum Gasteiger partial charge on any atom is 0.416 e. The number of alkyl halides is 12. The molecule has 6 aromatic rings. The monoisotopic (exact) mass is 1790 g/mol. The van der Waals surface area contributed by atoms with Gasteiger partial charge < -0.3 is 55.4 Å². The molecule has 6 rings (SSSR count). The van der Waals surface area contributed by atoms with Crippen LogP contribution in [0.25, 0.3) is 0 Å². The average molecular weight is 1800 g/mol. The molecule has 0 heterocycles. The predicted octanol–water partition coefficient (Wildman–Crippen LogP) is 20.2. The molecule has 0 unspecified atom stereocenters. The molecule has 0 aliphatic heterocycles. The van der Waals surface area contributed by atoms with E-state index in [1.807, 2.05) is 0 Å². The fourth-order valence-electron chi connectivity index (χ4n) is 11.4. The highest BCUT2D eigenvalue weighted by atomic mass is 32.2. The third-order valence-corrected chi connectivity index (χ3v) is 18.7. The molecule has 0 aliphatic carbocycles. The van der Waals surface area contributed by atoms with E-state index in [4.69, 9.17) is 34.2 Å². The van der Waals surface area contributed by atoms with Crippen LogP contribution < -0.4 is 47.1 Å². The Bertz CT molecular complexity index is 4780. The summed E-state index contributed by atoms with van der Waals surface area (Å²) >= 11 is 2.12. The van der Waals surface area contributed by atoms with Gasteiger partial charge in [0.05, 0.1) is 33.2 Å². The molecule has 0 fully saturated rings. The number of hydrogen-bond donors (Lipinski definition) is 7. The fraction of sp³-hybridized carbons (Fsp3) is 0.442. The summed E-state index contributed by atoms with van der Waals surface area (Å²) in [5, 5.41) is 27.1. The number of nitrogens with one attached hydrogen (secondary N) is 6. The zero-order valence-electron chi connectivity index (χ0n) is 70.4. The van der Waals surface area contributed by atoms with Gasteiger partial charge in [-0.1, -0.05) is 37.4 Å². The molecule has 24 nitrogen and oxygen atoms in total. The number of non-ortho nitro benzene ring substituents is 1. The number of ether oxygens (including phenoxy) is 6. The molecule has 0 aromatic heterocycles.